The highest BCUT2D eigenvalue weighted by Crippen LogP contribution is 2.29. The Morgan fingerprint density at radius 2 is 1.81 bits per heavy atom. The third-order valence-electron chi connectivity index (χ3n) is 7.35. The van der Waals surface area contributed by atoms with Crippen molar-refractivity contribution in [2.45, 2.75) is 31.7 Å². The number of carbonyl (C=O) groups excluding carboxylic acids is 2. The molecule has 2 fully saturated rings. The Morgan fingerprint density at radius 3 is 2.53 bits per heavy atom. The fourth-order valence-electron chi connectivity index (χ4n) is 5.12. The molecule has 2 aliphatic rings. The lowest BCUT2D eigenvalue weighted by molar-refractivity contribution is -0.138. The third kappa shape index (κ3) is 4.86. The summed E-state index contributed by atoms with van der Waals surface area (Å²) in [6.07, 6.45) is 4.86. The van der Waals surface area contributed by atoms with Crippen LogP contribution in [0.4, 0.5) is 5.69 Å². The molecule has 10 nitrogen and oxygen atoms in total. The number of aromatic nitrogens is 3. The zero-order valence-electron chi connectivity index (χ0n) is 20.8. The summed E-state index contributed by atoms with van der Waals surface area (Å²) >= 11 is 0. The van der Waals surface area contributed by atoms with Crippen LogP contribution in [0.5, 0.6) is 5.75 Å². The minimum absolute atomic E-state index is 0.0349. The summed E-state index contributed by atoms with van der Waals surface area (Å²) in [5.41, 5.74) is 9.03. The number of hydrogen-bond donors (Lipinski definition) is 2. The maximum absolute atomic E-state index is 13.0. The van der Waals surface area contributed by atoms with Crippen molar-refractivity contribution >= 4 is 23.1 Å². The fraction of sp³-hybridized carbons (Fsp3) is 0.462. The van der Waals surface area contributed by atoms with E-state index in [1.807, 2.05) is 23.1 Å². The molecule has 0 spiro atoms. The van der Waals surface area contributed by atoms with Gasteiger partial charge in [-0.1, -0.05) is 6.07 Å². The second kappa shape index (κ2) is 10.1. The van der Waals surface area contributed by atoms with Gasteiger partial charge in [0.25, 0.3) is 5.91 Å². The molecular weight excluding hydrogens is 458 g/mol. The van der Waals surface area contributed by atoms with E-state index in [0.717, 1.165) is 63.1 Å². The van der Waals surface area contributed by atoms with Crippen LogP contribution >= 0.6 is 0 Å². The molecule has 36 heavy (non-hydrogen) atoms. The lowest BCUT2D eigenvalue weighted by atomic mass is 9.85. The summed E-state index contributed by atoms with van der Waals surface area (Å²) in [5, 5.41) is 7.66. The number of hydrogen-bond acceptors (Lipinski definition) is 7. The number of likely N-dealkylation sites (N-methyl/N-ethyl adjacent to an activating group) is 1. The predicted octanol–water partition coefficient (Wildman–Crippen LogP) is 2.05. The largest absolute Gasteiger partial charge is 0.495 e. The standard InChI is InChI=1S/C26H33N7O3/c1-31-11-13-32(14-12-31)26(35)17-3-6-19(7-4-17)29-25(34)21-16-24-28-10-9-22(33(24)30-21)18-5-8-20(27)23(15-18)36-2/h5,8-10,15-17,19H,3-4,6-7,11-14,27H2,1-2H3,(H,29,34). The molecule has 10 heteroatoms. The third-order valence-corrected chi connectivity index (χ3v) is 7.35. The van der Waals surface area contributed by atoms with Crippen molar-refractivity contribution in [3.8, 4) is 17.0 Å². The van der Waals surface area contributed by atoms with E-state index < -0.39 is 0 Å². The smallest absolute Gasteiger partial charge is 0.272 e. The van der Waals surface area contributed by atoms with E-state index in [1.54, 1.807) is 30.0 Å². The number of fused-ring (bicyclic) bond motifs is 1. The number of anilines is 1. The number of methoxy groups -OCH3 is 1. The summed E-state index contributed by atoms with van der Waals surface area (Å²) in [5.74, 6) is 0.672. The van der Waals surface area contributed by atoms with E-state index in [-0.39, 0.29) is 23.8 Å². The van der Waals surface area contributed by atoms with E-state index >= 15 is 0 Å². The molecule has 3 aromatic rings. The normalized spacial score (nSPS) is 20.9. The second-order valence-corrected chi connectivity index (χ2v) is 9.74. The van der Waals surface area contributed by atoms with Gasteiger partial charge in [-0.3, -0.25) is 9.59 Å². The molecule has 1 aromatic carbocycles. The SMILES string of the molecule is COc1cc(-c2ccnc3cc(C(=O)NC4CCC(C(=O)N5CCN(C)CC5)CC4)nn23)ccc1N. The Balaban J connectivity index is 1.23. The van der Waals surface area contributed by atoms with Crippen LogP contribution in [0, 0.1) is 5.92 Å². The molecule has 5 rings (SSSR count). The summed E-state index contributed by atoms with van der Waals surface area (Å²) < 4.78 is 7.01. The average molecular weight is 492 g/mol. The summed E-state index contributed by atoms with van der Waals surface area (Å²) in [4.78, 5) is 34.6. The predicted molar refractivity (Wildman–Crippen MR) is 137 cm³/mol. The maximum atomic E-state index is 13.0. The van der Waals surface area contributed by atoms with E-state index in [1.165, 1.54) is 0 Å². The van der Waals surface area contributed by atoms with Gasteiger partial charge in [-0.25, -0.2) is 9.50 Å². The molecule has 2 aromatic heterocycles. The van der Waals surface area contributed by atoms with E-state index in [2.05, 4.69) is 27.3 Å². The minimum Gasteiger partial charge on any atom is -0.495 e. The van der Waals surface area contributed by atoms with Gasteiger partial charge in [0, 0.05) is 56.0 Å². The number of benzene rings is 1. The first-order valence-corrected chi connectivity index (χ1v) is 12.5. The van der Waals surface area contributed by atoms with Crippen LogP contribution in [-0.2, 0) is 4.79 Å². The molecule has 1 saturated heterocycles. The topological polar surface area (TPSA) is 118 Å². The zero-order chi connectivity index (χ0) is 25.2. The van der Waals surface area contributed by atoms with Crippen LogP contribution in [-0.4, -0.2) is 82.6 Å². The van der Waals surface area contributed by atoms with Gasteiger partial charge in [0.2, 0.25) is 5.91 Å². The Labute approximate surface area is 210 Å². The molecule has 2 amide bonds. The number of rotatable bonds is 5. The maximum Gasteiger partial charge on any atom is 0.272 e. The Kier molecular flexibility index (Phi) is 6.77. The van der Waals surface area contributed by atoms with Gasteiger partial charge >= 0.3 is 0 Å². The van der Waals surface area contributed by atoms with Crippen LogP contribution in [0.3, 0.4) is 0 Å². The van der Waals surface area contributed by atoms with Crippen LogP contribution in [0.1, 0.15) is 36.2 Å². The van der Waals surface area contributed by atoms with Crippen LogP contribution in [0.15, 0.2) is 36.5 Å². The molecule has 190 valence electrons. The summed E-state index contributed by atoms with van der Waals surface area (Å²) in [6, 6.07) is 9.07. The van der Waals surface area contributed by atoms with Crippen molar-refractivity contribution in [2.75, 3.05) is 46.1 Å². The van der Waals surface area contributed by atoms with Gasteiger partial charge in [-0.15, -0.1) is 0 Å². The number of carbonyl (C=O) groups is 2. The molecule has 0 unspecified atom stereocenters. The summed E-state index contributed by atoms with van der Waals surface area (Å²) in [7, 11) is 3.66. The van der Waals surface area contributed by atoms with Gasteiger partial charge in [-0.05, 0) is 50.9 Å². The molecule has 3 N–H and O–H groups in total. The summed E-state index contributed by atoms with van der Waals surface area (Å²) in [6.45, 7) is 3.47. The van der Waals surface area contributed by atoms with Crippen molar-refractivity contribution in [3.05, 3.63) is 42.2 Å². The number of nitrogens with zero attached hydrogens (tertiary/aromatic N) is 5. The molecular formula is C26H33N7O3. The molecule has 1 aliphatic carbocycles. The van der Waals surface area contributed by atoms with E-state index in [9.17, 15) is 9.59 Å². The van der Waals surface area contributed by atoms with Crippen molar-refractivity contribution in [2.24, 2.45) is 5.92 Å². The Bertz CT molecular complexity index is 1260. The van der Waals surface area contributed by atoms with Gasteiger partial charge in [0.15, 0.2) is 11.3 Å². The highest BCUT2D eigenvalue weighted by molar-refractivity contribution is 5.93. The molecule has 0 bridgehead atoms. The highest BCUT2D eigenvalue weighted by atomic mass is 16.5. The van der Waals surface area contributed by atoms with Crippen molar-refractivity contribution in [3.63, 3.8) is 0 Å². The number of nitrogens with two attached hydrogens (primary N) is 1. The van der Waals surface area contributed by atoms with E-state index in [0.29, 0.717) is 22.8 Å². The highest BCUT2D eigenvalue weighted by Gasteiger charge is 2.31. The Morgan fingerprint density at radius 1 is 1.06 bits per heavy atom. The van der Waals surface area contributed by atoms with Gasteiger partial charge in [0.1, 0.15) is 5.75 Å². The average Bonchev–Trinajstić information content (AvgIpc) is 3.34. The van der Waals surface area contributed by atoms with Crippen LogP contribution in [0.2, 0.25) is 0 Å². The number of piperazine rings is 1. The van der Waals surface area contributed by atoms with Crippen molar-refractivity contribution < 1.29 is 14.3 Å². The lowest BCUT2D eigenvalue weighted by Gasteiger charge is -2.36. The number of ether oxygens (including phenoxy) is 1. The number of amides is 2. The van der Waals surface area contributed by atoms with E-state index in [4.69, 9.17) is 10.5 Å². The van der Waals surface area contributed by atoms with Crippen LogP contribution < -0.4 is 15.8 Å². The minimum atomic E-state index is -0.227. The molecule has 1 saturated carbocycles. The van der Waals surface area contributed by atoms with Crippen LogP contribution in [0.25, 0.3) is 16.9 Å². The quantitative estimate of drug-likeness (QED) is 0.525. The monoisotopic (exact) mass is 491 g/mol. The fourth-order valence-corrected chi connectivity index (χ4v) is 5.12. The number of nitrogens with one attached hydrogen (secondary N) is 1. The lowest BCUT2D eigenvalue weighted by Crippen LogP contribution is -2.50. The first-order chi connectivity index (χ1) is 17.4. The van der Waals surface area contributed by atoms with Gasteiger partial charge < -0.3 is 25.6 Å². The molecule has 0 atom stereocenters. The Hall–Kier alpha value is -3.66. The zero-order valence-corrected chi connectivity index (χ0v) is 20.8. The molecule has 0 radical (unpaired) electrons. The van der Waals surface area contributed by atoms with Crippen molar-refractivity contribution in [1.29, 1.82) is 0 Å². The number of nitrogen functional groups attached to an aromatic ring is 1. The first-order valence-electron chi connectivity index (χ1n) is 12.5. The second-order valence-electron chi connectivity index (χ2n) is 9.74. The molecule has 3 heterocycles. The first kappa shape index (κ1) is 24.1. The van der Waals surface area contributed by atoms with Gasteiger partial charge in [-0.2, -0.15) is 5.10 Å². The molecule has 1 aliphatic heterocycles. The van der Waals surface area contributed by atoms with Crippen molar-refractivity contribution in [1.82, 2.24) is 29.7 Å². The van der Waals surface area contributed by atoms with Gasteiger partial charge in [0.05, 0.1) is 18.5 Å².